The lowest BCUT2D eigenvalue weighted by atomic mass is 10.3. The van der Waals surface area contributed by atoms with E-state index in [2.05, 4.69) is 10.6 Å². The van der Waals surface area contributed by atoms with Crippen LogP contribution in [0.4, 0.5) is 0 Å². The summed E-state index contributed by atoms with van der Waals surface area (Å²) in [7, 11) is 0. The highest BCUT2D eigenvalue weighted by atomic mass is 32.1. The van der Waals surface area contributed by atoms with Gasteiger partial charge in [0.25, 0.3) is 0 Å². The molecule has 1 rings (SSSR count). The lowest BCUT2D eigenvalue weighted by Crippen LogP contribution is -2.36. The molecule has 6 heteroatoms. The fourth-order valence-electron chi connectivity index (χ4n) is 1.13. The first-order valence-electron chi connectivity index (χ1n) is 4.90. The van der Waals surface area contributed by atoms with E-state index in [9.17, 15) is 9.59 Å². The Balaban J connectivity index is 2.04. The second-order valence-corrected chi connectivity index (χ2v) is 4.21. The Hall–Kier alpha value is -1.40. The second kappa shape index (κ2) is 6.97. The van der Waals surface area contributed by atoms with Gasteiger partial charge < -0.3 is 10.4 Å². The summed E-state index contributed by atoms with van der Waals surface area (Å²) in [5.41, 5.74) is 0. The van der Waals surface area contributed by atoms with E-state index in [-0.39, 0.29) is 19.0 Å². The molecule has 0 unspecified atom stereocenters. The van der Waals surface area contributed by atoms with Crippen molar-refractivity contribution in [1.82, 2.24) is 10.6 Å². The van der Waals surface area contributed by atoms with Crippen LogP contribution in [0, 0.1) is 0 Å². The molecule has 3 N–H and O–H groups in total. The molecule has 0 saturated heterocycles. The van der Waals surface area contributed by atoms with Gasteiger partial charge in [-0.2, -0.15) is 0 Å². The highest BCUT2D eigenvalue weighted by molar-refractivity contribution is 7.09. The molecule has 1 aromatic rings. The number of carboxylic acids is 1. The zero-order chi connectivity index (χ0) is 11.8. The van der Waals surface area contributed by atoms with Crippen molar-refractivity contribution in [2.45, 2.75) is 6.42 Å². The number of carbonyl (C=O) groups is 2. The number of carbonyl (C=O) groups excluding carboxylic acids is 1. The molecular formula is C10H14N2O3S. The van der Waals surface area contributed by atoms with Crippen molar-refractivity contribution >= 4 is 23.2 Å². The Kier molecular flexibility index (Phi) is 5.52. The second-order valence-electron chi connectivity index (χ2n) is 3.18. The minimum atomic E-state index is -0.966. The van der Waals surface area contributed by atoms with Gasteiger partial charge in [0.2, 0.25) is 5.91 Å². The Morgan fingerprint density at radius 1 is 1.38 bits per heavy atom. The molecular weight excluding hydrogens is 228 g/mol. The normalized spacial score (nSPS) is 10.0. The van der Waals surface area contributed by atoms with E-state index in [1.807, 2.05) is 17.5 Å². The van der Waals surface area contributed by atoms with Gasteiger partial charge in [0.05, 0.1) is 13.1 Å². The summed E-state index contributed by atoms with van der Waals surface area (Å²) >= 11 is 1.65. The topological polar surface area (TPSA) is 78.4 Å². The third-order valence-corrected chi connectivity index (χ3v) is 2.77. The van der Waals surface area contributed by atoms with E-state index >= 15 is 0 Å². The van der Waals surface area contributed by atoms with Crippen molar-refractivity contribution in [3.63, 3.8) is 0 Å². The van der Waals surface area contributed by atoms with Crippen molar-refractivity contribution in [1.29, 1.82) is 0 Å². The van der Waals surface area contributed by atoms with Crippen LogP contribution in [0.3, 0.4) is 0 Å². The Bertz CT molecular complexity index is 338. The van der Waals surface area contributed by atoms with E-state index in [0.29, 0.717) is 6.54 Å². The molecule has 0 aliphatic heterocycles. The van der Waals surface area contributed by atoms with Gasteiger partial charge in [-0.05, 0) is 17.9 Å². The number of nitrogens with one attached hydrogen (secondary N) is 2. The van der Waals surface area contributed by atoms with Crippen LogP contribution in [0.5, 0.6) is 0 Å². The van der Waals surface area contributed by atoms with Gasteiger partial charge in [-0.15, -0.1) is 11.3 Å². The van der Waals surface area contributed by atoms with Crippen LogP contribution < -0.4 is 10.6 Å². The summed E-state index contributed by atoms with van der Waals surface area (Å²) in [5, 5.41) is 15.6. The highest BCUT2D eigenvalue weighted by Gasteiger charge is 2.02. The van der Waals surface area contributed by atoms with E-state index in [4.69, 9.17) is 5.11 Å². The average molecular weight is 242 g/mol. The van der Waals surface area contributed by atoms with Crippen molar-refractivity contribution in [2.75, 3.05) is 19.6 Å². The van der Waals surface area contributed by atoms with Gasteiger partial charge in [0.1, 0.15) is 0 Å². The smallest absolute Gasteiger partial charge is 0.317 e. The lowest BCUT2D eigenvalue weighted by Gasteiger charge is -2.04. The number of hydrogen-bond acceptors (Lipinski definition) is 4. The quantitative estimate of drug-likeness (QED) is 0.633. The number of thiophene rings is 1. The molecule has 1 aromatic heterocycles. The van der Waals surface area contributed by atoms with Gasteiger partial charge in [-0.1, -0.05) is 6.07 Å². The number of hydrogen-bond donors (Lipinski definition) is 3. The van der Waals surface area contributed by atoms with Crippen LogP contribution in [0.2, 0.25) is 0 Å². The summed E-state index contributed by atoms with van der Waals surface area (Å²) in [5.74, 6) is -1.15. The first kappa shape index (κ1) is 12.7. The third kappa shape index (κ3) is 5.47. The first-order valence-corrected chi connectivity index (χ1v) is 5.78. The van der Waals surface area contributed by atoms with E-state index < -0.39 is 5.97 Å². The van der Waals surface area contributed by atoms with Gasteiger partial charge in [-0.3, -0.25) is 14.9 Å². The summed E-state index contributed by atoms with van der Waals surface area (Å²) in [4.78, 5) is 22.6. The van der Waals surface area contributed by atoms with Crippen LogP contribution in [0.15, 0.2) is 17.5 Å². The molecule has 0 bridgehead atoms. The Labute approximate surface area is 97.5 Å². The maximum Gasteiger partial charge on any atom is 0.317 e. The minimum Gasteiger partial charge on any atom is -0.480 e. The van der Waals surface area contributed by atoms with Crippen LogP contribution in [0.25, 0.3) is 0 Å². The molecule has 0 aliphatic carbocycles. The zero-order valence-electron chi connectivity index (χ0n) is 8.73. The van der Waals surface area contributed by atoms with Crippen LogP contribution >= 0.6 is 11.3 Å². The van der Waals surface area contributed by atoms with Crippen molar-refractivity contribution in [3.8, 4) is 0 Å². The molecule has 16 heavy (non-hydrogen) atoms. The number of amides is 1. The lowest BCUT2D eigenvalue weighted by molar-refractivity contribution is -0.136. The highest BCUT2D eigenvalue weighted by Crippen LogP contribution is 2.07. The van der Waals surface area contributed by atoms with Crippen LogP contribution in [0.1, 0.15) is 4.88 Å². The summed E-state index contributed by atoms with van der Waals surface area (Å²) < 4.78 is 0. The Morgan fingerprint density at radius 3 is 2.81 bits per heavy atom. The molecule has 5 nitrogen and oxygen atoms in total. The molecule has 0 fully saturated rings. The maximum atomic E-state index is 11.2. The molecule has 88 valence electrons. The summed E-state index contributed by atoms with van der Waals surface area (Å²) in [6.45, 7) is 0.420. The number of rotatable bonds is 7. The maximum absolute atomic E-state index is 11.2. The Morgan fingerprint density at radius 2 is 2.19 bits per heavy atom. The van der Waals surface area contributed by atoms with E-state index in [0.717, 1.165) is 6.42 Å². The monoisotopic (exact) mass is 242 g/mol. The zero-order valence-corrected chi connectivity index (χ0v) is 9.55. The van der Waals surface area contributed by atoms with Crippen molar-refractivity contribution in [2.24, 2.45) is 0 Å². The predicted octanol–water partition coefficient (Wildman–Crippen LogP) is 0.0810. The third-order valence-electron chi connectivity index (χ3n) is 1.84. The molecule has 0 spiro atoms. The molecule has 0 radical (unpaired) electrons. The van der Waals surface area contributed by atoms with Crippen molar-refractivity contribution in [3.05, 3.63) is 22.4 Å². The van der Waals surface area contributed by atoms with Crippen molar-refractivity contribution < 1.29 is 14.7 Å². The van der Waals surface area contributed by atoms with Gasteiger partial charge in [-0.25, -0.2) is 0 Å². The molecule has 0 aromatic carbocycles. The summed E-state index contributed by atoms with van der Waals surface area (Å²) in [6.07, 6.45) is 0.808. The minimum absolute atomic E-state index is 0.0384. The summed E-state index contributed by atoms with van der Waals surface area (Å²) in [6, 6.07) is 3.98. The molecule has 0 aliphatic rings. The number of aliphatic carboxylic acids is 1. The first-order chi connectivity index (χ1) is 7.68. The van der Waals surface area contributed by atoms with Gasteiger partial charge in [0, 0.05) is 11.4 Å². The largest absolute Gasteiger partial charge is 0.480 e. The average Bonchev–Trinajstić information content (AvgIpc) is 2.70. The standard InChI is InChI=1S/C10H14N2O3S/c13-9(6-11-7-10(14)15)12-4-3-8-2-1-5-16-8/h1-2,5,11H,3-4,6-7H2,(H,12,13)(H,14,15). The van der Waals surface area contributed by atoms with E-state index in [1.54, 1.807) is 11.3 Å². The fraction of sp³-hybridized carbons (Fsp3) is 0.400. The molecule has 0 atom stereocenters. The van der Waals surface area contributed by atoms with E-state index in [1.165, 1.54) is 4.88 Å². The SMILES string of the molecule is O=C(O)CNCC(=O)NCCc1cccs1. The fourth-order valence-corrected chi connectivity index (χ4v) is 1.83. The molecule has 0 saturated carbocycles. The predicted molar refractivity (Wildman–Crippen MR) is 61.5 cm³/mol. The van der Waals surface area contributed by atoms with Gasteiger partial charge >= 0.3 is 5.97 Å². The van der Waals surface area contributed by atoms with Gasteiger partial charge in [0.15, 0.2) is 0 Å². The van der Waals surface area contributed by atoms with Crippen LogP contribution in [-0.4, -0.2) is 36.6 Å². The number of carboxylic acid groups (broad SMARTS) is 1. The van der Waals surface area contributed by atoms with Crippen LogP contribution in [-0.2, 0) is 16.0 Å². The molecule has 1 heterocycles. The molecule has 1 amide bonds.